The van der Waals surface area contributed by atoms with Crippen LogP contribution in [-0.4, -0.2) is 17.0 Å². The van der Waals surface area contributed by atoms with E-state index in [1.54, 1.807) is 18.2 Å². The molecule has 0 aliphatic heterocycles. The van der Waals surface area contributed by atoms with Gasteiger partial charge in [-0.25, -0.2) is 4.79 Å². The van der Waals surface area contributed by atoms with Gasteiger partial charge in [-0.15, -0.1) is 0 Å². The van der Waals surface area contributed by atoms with Crippen molar-refractivity contribution in [1.29, 1.82) is 0 Å². The summed E-state index contributed by atoms with van der Waals surface area (Å²) < 4.78 is 1.07. The van der Waals surface area contributed by atoms with Crippen molar-refractivity contribution in [2.45, 2.75) is 6.92 Å². The maximum Gasteiger partial charge on any atom is 0.336 e. The molecule has 0 aliphatic carbocycles. The second kappa shape index (κ2) is 6.04. The molecule has 0 saturated heterocycles. The number of carbonyl (C=O) groups excluding carboxylic acids is 1. The average Bonchev–Trinajstić information content (AvgIpc) is 2.41. The molecule has 2 rings (SSSR count). The van der Waals surface area contributed by atoms with E-state index in [4.69, 9.17) is 5.11 Å². The fourth-order valence-electron chi connectivity index (χ4n) is 1.82. The summed E-state index contributed by atoms with van der Waals surface area (Å²) in [5, 5.41) is 11.8. The summed E-state index contributed by atoms with van der Waals surface area (Å²) >= 11 is 2.19. The molecule has 0 bridgehead atoms. The number of anilines is 1. The minimum atomic E-state index is -1.12. The molecular formula is C15H12INO3. The maximum absolute atomic E-state index is 12.2. The lowest BCUT2D eigenvalue weighted by Gasteiger charge is -2.10. The van der Waals surface area contributed by atoms with Gasteiger partial charge in [-0.2, -0.15) is 0 Å². The number of benzene rings is 2. The minimum absolute atomic E-state index is 0.00633. The highest BCUT2D eigenvalue weighted by molar-refractivity contribution is 14.1. The second-order valence-corrected chi connectivity index (χ2v) is 5.51. The molecule has 4 nitrogen and oxygen atoms in total. The number of carboxylic acids is 1. The van der Waals surface area contributed by atoms with Gasteiger partial charge in [-0.1, -0.05) is 12.1 Å². The van der Waals surface area contributed by atoms with Gasteiger partial charge in [0.2, 0.25) is 0 Å². The largest absolute Gasteiger partial charge is 0.478 e. The highest BCUT2D eigenvalue weighted by atomic mass is 127. The smallest absolute Gasteiger partial charge is 0.336 e. The predicted molar refractivity (Wildman–Crippen MR) is 85.3 cm³/mol. The SMILES string of the molecule is Cc1cc(I)ccc1NC(=O)c1ccccc1C(=O)O. The van der Waals surface area contributed by atoms with Crippen LogP contribution in [0.25, 0.3) is 0 Å². The van der Waals surface area contributed by atoms with E-state index in [-0.39, 0.29) is 11.1 Å². The van der Waals surface area contributed by atoms with Crippen molar-refractivity contribution in [3.05, 3.63) is 62.7 Å². The van der Waals surface area contributed by atoms with Crippen LogP contribution in [0.2, 0.25) is 0 Å². The Morgan fingerprint density at radius 3 is 2.35 bits per heavy atom. The number of amides is 1. The van der Waals surface area contributed by atoms with Crippen molar-refractivity contribution in [2.75, 3.05) is 5.32 Å². The highest BCUT2D eigenvalue weighted by Gasteiger charge is 2.16. The zero-order valence-corrected chi connectivity index (χ0v) is 12.8. The zero-order chi connectivity index (χ0) is 14.7. The van der Waals surface area contributed by atoms with E-state index in [2.05, 4.69) is 27.9 Å². The molecule has 0 unspecified atom stereocenters. The number of carboxylic acid groups (broad SMARTS) is 1. The van der Waals surface area contributed by atoms with Gasteiger partial charge >= 0.3 is 5.97 Å². The molecule has 5 heteroatoms. The van der Waals surface area contributed by atoms with Crippen LogP contribution in [-0.2, 0) is 0 Å². The number of aryl methyl sites for hydroxylation is 1. The van der Waals surface area contributed by atoms with Crippen LogP contribution in [0, 0.1) is 10.5 Å². The standard InChI is InChI=1S/C15H12INO3/c1-9-8-10(16)6-7-13(9)17-14(18)11-4-2-3-5-12(11)15(19)20/h2-8H,1H3,(H,17,18)(H,19,20). The first-order chi connectivity index (χ1) is 9.49. The summed E-state index contributed by atoms with van der Waals surface area (Å²) in [6.07, 6.45) is 0. The molecule has 2 aromatic carbocycles. The molecule has 0 aliphatic rings. The van der Waals surface area contributed by atoms with Crippen molar-refractivity contribution in [3.63, 3.8) is 0 Å². The molecule has 2 N–H and O–H groups in total. The lowest BCUT2D eigenvalue weighted by molar-refractivity contribution is 0.0692. The Morgan fingerprint density at radius 2 is 1.75 bits per heavy atom. The van der Waals surface area contributed by atoms with Crippen LogP contribution < -0.4 is 5.32 Å². The van der Waals surface area contributed by atoms with Crippen molar-refractivity contribution in [2.24, 2.45) is 0 Å². The number of nitrogens with one attached hydrogen (secondary N) is 1. The van der Waals surface area contributed by atoms with Crippen LogP contribution in [0.1, 0.15) is 26.3 Å². The Kier molecular flexibility index (Phi) is 4.39. The van der Waals surface area contributed by atoms with Gasteiger partial charge in [0.15, 0.2) is 0 Å². The summed E-state index contributed by atoms with van der Waals surface area (Å²) in [6.45, 7) is 1.89. The van der Waals surface area contributed by atoms with E-state index >= 15 is 0 Å². The van der Waals surface area contributed by atoms with Crippen molar-refractivity contribution in [1.82, 2.24) is 0 Å². The topological polar surface area (TPSA) is 66.4 Å². The number of carbonyl (C=O) groups is 2. The van der Waals surface area contributed by atoms with E-state index in [0.717, 1.165) is 9.13 Å². The van der Waals surface area contributed by atoms with E-state index in [0.29, 0.717) is 5.69 Å². The Morgan fingerprint density at radius 1 is 1.10 bits per heavy atom. The van der Waals surface area contributed by atoms with Gasteiger partial charge in [0.1, 0.15) is 0 Å². The Labute approximate surface area is 130 Å². The predicted octanol–water partition coefficient (Wildman–Crippen LogP) is 3.55. The van der Waals surface area contributed by atoms with Gasteiger partial charge in [0.05, 0.1) is 11.1 Å². The van der Waals surface area contributed by atoms with Gasteiger partial charge < -0.3 is 10.4 Å². The summed E-state index contributed by atoms with van der Waals surface area (Å²) in [5.74, 6) is -1.54. The molecule has 102 valence electrons. The first-order valence-corrected chi connectivity index (χ1v) is 6.96. The van der Waals surface area contributed by atoms with Gasteiger partial charge in [-0.3, -0.25) is 4.79 Å². The third-order valence-corrected chi connectivity index (χ3v) is 3.51. The Balaban J connectivity index is 2.31. The molecule has 0 aromatic heterocycles. The summed E-state index contributed by atoms with van der Waals surface area (Å²) in [7, 11) is 0. The molecule has 1 amide bonds. The molecule has 0 spiro atoms. The molecule has 0 radical (unpaired) electrons. The van der Waals surface area contributed by atoms with Gasteiger partial charge in [0, 0.05) is 9.26 Å². The first-order valence-electron chi connectivity index (χ1n) is 5.89. The highest BCUT2D eigenvalue weighted by Crippen LogP contribution is 2.19. The number of aromatic carboxylic acids is 1. The first kappa shape index (κ1) is 14.5. The second-order valence-electron chi connectivity index (χ2n) is 4.26. The van der Waals surface area contributed by atoms with E-state index in [1.165, 1.54) is 12.1 Å². The van der Waals surface area contributed by atoms with Crippen molar-refractivity contribution < 1.29 is 14.7 Å². The fourth-order valence-corrected chi connectivity index (χ4v) is 2.47. The number of rotatable bonds is 3. The molecule has 0 saturated carbocycles. The van der Waals surface area contributed by atoms with E-state index in [1.807, 2.05) is 19.1 Å². The van der Waals surface area contributed by atoms with E-state index in [9.17, 15) is 9.59 Å². The minimum Gasteiger partial charge on any atom is -0.478 e. The normalized spacial score (nSPS) is 10.1. The van der Waals surface area contributed by atoms with Crippen LogP contribution in [0.15, 0.2) is 42.5 Å². The summed E-state index contributed by atoms with van der Waals surface area (Å²) in [6, 6.07) is 11.8. The number of hydrogen-bond acceptors (Lipinski definition) is 2. The number of halogens is 1. The molecule has 0 atom stereocenters. The van der Waals surface area contributed by atoms with Crippen LogP contribution in [0.4, 0.5) is 5.69 Å². The van der Waals surface area contributed by atoms with Crippen LogP contribution in [0.3, 0.4) is 0 Å². The van der Waals surface area contributed by atoms with Crippen LogP contribution >= 0.6 is 22.6 Å². The number of hydrogen-bond donors (Lipinski definition) is 2. The lowest BCUT2D eigenvalue weighted by Crippen LogP contribution is -2.16. The van der Waals surface area contributed by atoms with Crippen molar-refractivity contribution >= 4 is 40.2 Å². The molecular weight excluding hydrogens is 369 g/mol. The average molecular weight is 381 g/mol. The third-order valence-electron chi connectivity index (χ3n) is 2.84. The summed E-state index contributed by atoms with van der Waals surface area (Å²) in [4.78, 5) is 23.3. The lowest BCUT2D eigenvalue weighted by atomic mass is 10.1. The zero-order valence-electron chi connectivity index (χ0n) is 10.7. The summed E-state index contributed by atoms with van der Waals surface area (Å²) in [5.41, 5.74) is 1.75. The van der Waals surface area contributed by atoms with Gasteiger partial charge in [-0.05, 0) is 65.4 Å². The molecule has 0 fully saturated rings. The Hall–Kier alpha value is -1.89. The van der Waals surface area contributed by atoms with Gasteiger partial charge in [0.25, 0.3) is 5.91 Å². The maximum atomic E-state index is 12.2. The molecule has 2 aromatic rings. The molecule has 20 heavy (non-hydrogen) atoms. The fraction of sp³-hybridized carbons (Fsp3) is 0.0667. The van der Waals surface area contributed by atoms with Crippen molar-refractivity contribution in [3.8, 4) is 0 Å². The van der Waals surface area contributed by atoms with E-state index < -0.39 is 11.9 Å². The third kappa shape index (κ3) is 3.16. The Bertz CT molecular complexity index is 683. The monoisotopic (exact) mass is 381 g/mol. The quantitative estimate of drug-likeness (QED) is 0.800. The molecule has 0 heterocycles. The van der Waals surface area contributed by atoms with Crippen LogP contribution in [0.5, 0.6) is 0 Å².